The molecule has 3 heterocycles. The fraction of sp³-hybridized carbons (Fsp3) is 0.611. The van der Waals surface area contributed by atoms with E-state index in [1.54, 1.807) is 6.20 Å². The lowest BCUT2D eigenvalue weighted by Crippen LogP contribution is -2.34. The quantitative estimate of drug-likeness (QED) is 0.851. The fourth-order valence-electron chi connectivity index (χ4n) is 3.57. The van der Waals surface area contributed by atoms with Gasteiger partial charge in [-0.3, -0.25) is 4.79 Å². The van der Waals surface area contributed by atoms with Gasteiger partial charge in [0.1, 0.15) is 0 Å². The van der Waals surface area contributed by atoms with Gasteiger partial charge in [0.25, 0.3) is 5.91 Å². The van der Waals surface area contributed by atoms with Crippen LogP contribution in [0.15, 0.2) is 12.3 Å². The molecule has 1 aliphatic rings. The van der Waals surface area contributed by atoms with Crippen molar-refractivity contribution >= 4 is 41.8 Å². The highest BCUT2D eigenvalue weighted by Crippen LogP contribution is 2.28. The Hall–Kier alpha value is -1.37. The molecule has 0 spiro atoms. The van der Waals surface area contributed by atoms with Crippen LogP contribution >= 0.6 is 24.8 Å². The normalized spacial score (nSPS) is 20.6. The number of hydrogen-bond acceptors (Lipinski definition) is 4. The van der Waals surface area contributed by atoms with Crippen LogP contribution in [0.4, 0.5) is 0 Å². The second-order valence-electron chi connectivity index (χ2n) is 7.04. The Morgan fingerprint density at radius 1 is 1.42 bits per heavy atom. The van der Waals surface area contributed by atoms with Gasteiger partial charge in [0.15, 0.2) is 5.65 Å². The number of aromatic nitrogens is 3. The third-order valence-electron chi connectivity index (χ3n) is 5.19. The Kier molecular flexibility index (Phi) is 7.86. The number of carbonyl (C=O) groups excluding carboxylic acids is 1. The molecule has 6 nitrogen and oxygen atoms in total. The van der Waals surface area contributed by atoms with Gasteiger partial charge in [-0.15, -0.1) is 24.8 Å². The Morgan fingerprint density at radius 3 is 2.69 bits per heavy atom. The Morgan fingerprint density at radius 2 is 2.12 bits per heavy atom. The van der Waals surface area contributed by atoms with E-state index in [1.807, 2.05) is 22.6 Å². The minimum Gasteiger partial charge on any atom is -0.336 e. The summed E-state index contributed by atoms with van der Waals surface area (Å²) < 4.78 is 1.93. The third kappa shape index (κ3) is 3.97. The van der Waals surface area contributed by atoms with Crippen LogP contribution < -0.4 is 5.73 Å². The minimum absolute atomic E-state index is 0. The lowest BCUT2D eigenvalue weighted by molar-refractivity contribution is 0.0745. The van der Waals surface area contributed by atoms with Crippen molar-refractivity contribution in [3.63, 3.8) is 0 Å². The lowest BCUT2D eigenvalue weighted by atomic mass is 10.1. The van der Waals surface area contributed by atoms with Gasteiger partial charge in [0.05, 0.1) is 23.2 Å². The zero-order chi connectivity index (χ0) is 17.4. The first kappa shape index (κ1) is 22.7. The van der Waals surface area contributed by atoms with E-state index in [-0.39, 0.29) is 42.8 Å². The van der Waals surface area contributed by atoms with Gasteiger partial charge in [-0.1, -0.05) is 6.92 Å². The maximum Gasteiger partial charge on any atom is 0.254 e. The highest BCUT2D eigenvalue weighted by atomic mass is 35.5. The monoisotopic (exact) mass is 401 g/mol. The number of hydrogen-bond donors (Lipinski definition) is 1. The van der Waals surface area contributed by atoms with E-state index in [0.29, 0.717) is 18.0 Å². The first-order valence-corrected chi connectivity index (χ1v) is 8.82. The molecule has 8 heteroatoms. The SMILES string of the molecule is CCC(C)n1ncc2c(C(=O)N3CC(CN)CC3C)cc(C)nc21.Cl.Cl. The molecule has 26 heavy (non-hydrogen) atoms. The van der Waals surface area contributed by atoms with Crippen LogP contribution in [0.2, 0.25) is 0 Å². The van der Waals surface area contributed by atoms with Crippen LogP contribution in [0.3, 0.4) is 0 Å². The summed E-state index contributed by atoms with van der Waals surface area (Å²) >= 11 is 0. The highest BCUT2D eigenvalue weighted by molar-refractivity contribution is 6.05. The Bertz CT molecular complexity index is 763. The summed E-state index contributed by atoms with van der Waals surface area (Å²) in [5, 5.41) is 5.33. The van der Waals surface area contributed by atoms with Gasteiger partial charge in [0.2, 0.25) is 0 Å². The van der Waals surface area contributed by atoms with Crippen LogP contribution in [0.25, 0.3) is 11.0 Å². The van der Waals surface area contributed by atoms with Crippen molar-refractivity contribution in [2.75, 3.05) is 13.1 Å². The van der Waals surface area contributed by atoms with Crippen LogP contribution in [0, 0.1) is 12.8 Å². The zero-order valence-electron chi connectivity index (χ0n) is 15.8. The van der Waals surface area contributed by atoms with Gasteiger partial charge >= 0.3 is 0 Å². The predicted molar refractivity (Wildman–Crippen MR) is 109 cm³/mol. The molecule has 0 radical (unpaired) electrons. The average Bonchev–Trinajstić information content (AvgIpc) is 3.16. The van der Waals surface area contributed by atoms with Gasteiger partial charge in [-0.25, -0.2) is 9.67 Å². The molecule has 1 fully saturated rings. The summed E-state index contributed by atoms with van der Waals surface area (Å²) in [6, 6.07) is 2.36. The summed E-state index contributed by atoms with van der Waals surface area (Å²) in [6.07, 6.45) is 3.72. The molecule has 2 aromatic heterocycles. The van der Waals surface area contributed by atoms with Gasteiger partial charge in [-0.2, -0.15) is 5.10 Å². The number of carbonyl (C=O) groups is 1. The van der Waals surface area contributed by atoms with Crippen LogP contribution in [-0.2, 0) is 0 Å². The Balaban J connectivity index is 0.00000169. The van der Waals surface area contributed by atoms with Crippen LogP contribution in [-0.4, -0.2) is 44.7 Å². The minimum atomic E-state index is 0. The predicted octanol–water partition coefficient (Wildman–Crippen LogP) is 3.36. The molecule has 0 aliphatic carbocycles. The summed E-state index contributed by atoms with van der Waals surface area (Å²) in [5.41, 5.74) is 8.15. The molecule has 2 aromatic rings. The van der Waals surface area contributed by atoms with Crippen LogP contribution in [0.5, 0.6) is 0 Å². The van der Waals surface area contributed by atoms with Gasteiger partial charge in [-0.05, 0) is 52.1 Å². The van der Waals surface area contributed by atoms with Gasteiger partial charge < -0.3 is 10.6 Å². The first-order chi connectivity index (χ1) is 11.5. The number of rotatable bonds is 4. The summed E-state index contributed by atoms with van der Waals surface area (Å²) in [5.74, 6) is 0.461. The van der Waals surface area contributed by atoms with Crippen molar-refractivity contribution in [1.29, 1.82) is 0 Å². The smallest absolute Gasteiger partial charge is 0.254 e. The molecule has 1 saturated heterocycles. The number of aryl methyl sites for hydroxylation is 1. The van der Waals surface area contributed by atoms with E-state index < -0.39 is 0 Å². The molecule has 146 valence electrons. The Labute approximate surface area is 167 Å². The van der Waals surface area contributed by atoms with E-state index >= 15 is 0 Å². The van der Waals surface area contributed by atoms with Crippen molar-refractivity contribution < 1.29 is 4.79 Å². The topological polar surface area (TPSA) is 77.0 Å². The van der Waals surface area contributed by atoms with E-state index in [4.69, 9.17) is 5.73 Å². The maximum atomic E-state index is 13.2. The van der Waals surface area contributed by atoms with Crippen molar-refractivity contribution in [1.82, 2.24) is 19.7 Å². The number of halogens is 2. The molecule has 1 amide bonds. The number of likely N-dealkylation sites (tertiary alicyclic amines) is 1. The highest BCUT2D eigenvalue weighted by Gasteiger charge is 2.33. The standard InChI is InChI=1S/C18H27N5O.2ClH/c1-5-12(3)23-17-16(9-20-23)15(6-11(2)21-17)18(24)22-10-14(8-19)7-13(22)4;;/h6,9,12-14H,5,7-8,10,19H2,1-4H3;2*1H. The number of nitrogens with zero attached hydrogens (tertiary/aromatic N) is 4. The molecule has 0 saturated carbocycles. The van der Waals surface area contributed by atoms with E-state index in [0.717, 1.165) is 36.1 Å². The second kappa shape index (κ2) is 9.02. The van der Waals surface area contributed by atoms with Crippen molar-refractivity contribution in [2.24, 2.45) is 11.7 Å². The van der Waals surface area contributed by atoms with Crippen molar-refractivity contribution in [3.8, 4) is 0 Å². The molecule has 2 N–H and O–H groups in total. The summed E-state index contributed by atoms with van der Waals surface area (Å²) in [6.45, 7) is 9.64. The average molecular weight is 402 g/mol. The van der Waals surface area contributed by atoms with E-state index in [9.17, 15) is 4.79 Å². The number of nitrogens with two attached hydrogens (primary N) is 1. The molecule has 3 unspecified atom stereocenters. The third-order valence-corrected chi connectivity index (χ3v) is 5.19. The largest absolute Gasteiger partial charge is 0.336 e. The van der Waals surface area contributed by atoms with Crippen molar-refractivity contribution in [2.45, 2.75) is 52.6 Å². The molecule has 3 atom stereocenters. The number of fused-ring (bicyclic) bond motifs is 1. The fourth-order valence-corrected chi connectivity index (χ4v) is 3.57. The molecule has 3 rings (SSSR count). The number of pyridine rings is 1. The summed E-state index contributed by atoms with van der Waals surface area (Å²) in [7, 11) is 0. The lowest BCUT2D eigenvalue weighted by Gasteiger charge is -2.22. The van der Waals surface area contributed by atoms with Crippen molar-refractivity contribution in [3.05, 3.63) is 23.5 Å². The van der Waals surface area contributed by atoms with Gasteiger partial charge in [0, 0.05) is 18.3 Å². The maximum absolute atomic E-state index is 13.2. The molecular weight excluding hydrogens is 373 g/mol. The van der Waals surface area contributed by atoms with Crippen LogP contribution in [0.1, 0.15) is 55.7 Å². The molecule has 1 aliphatic heterocycles. The molecule has 0 bridgehead atoms. The summed E-state index contributed by atoms with van der Waals surface area (Å²) in [4.78, 5) is 19.7. The molecular formula is C18H29Cl2N5O. The van der Waals surface area contributed by atoms with E-state index in [1.165, 1.54) is 0 Å². The van der Waals surface area contributed by atoms with E-state index in [2.05, 4.69) is 30.9 Å². The zero-order valence-corrected chi connectivity index (χ0v) is 17.4. The number of amides is 1. The second-order valence-corrected chi connectivity index (χ2v) is 7.04. The molecule has 0 aromatic carbocycles. The first-order valence-electron chi connectivity index (χ1n) is 8.82.